The lowest BCUT2D eigenvalue weighted by atomic mass is 9.81. The van der Waals surface area contributed by atoms with Crippen LogP contribution in [-0.4, -0.2) is 12.8 Å². The van der Waals surface area contributed by atoms with Gasteiger partial charge in [-0.15, -0.1) is 0 Å². The Morgan fingerprint density at radius 2 is 2.12 bits per heavy atom. The Bertz CT molecular complexity index is 401. The summed E-state index contributed by atoms with van der Waals surface area (Å²) in [4.78, 5) is 0. The molecule has 1 fully saturated rings. The summed E-state index contributed by atoms with van der Waals surface area (Å²) in [5, 5.41) is 3.54. The standard InChI is InChI=1S/C14H19NO2/c1-10(7-11-3-2-4-11)15-12-5-6-13-14(8-12)17-9-16-13/h5-6,8,10-11,15H,2-4,7,9H2,1H3. The maximum atomic E-state index is 5.37. The van der Waals surface area contributed by atoms with Gasteiger partial charge in [-0.3, -0.25) is 0 Å². The first kappa shape index (κ1) is 10.8. The van der Waals surface area contributed by atoms with Gasteiger partial charge in [-0.2, -0.15) is 0 Å². The first-order valence-corrected chi connectivity index (χ1v) is 6.47. The highest BCUT2D eigenvalue weighted by Crippen LogP contribution is 2.35. The molecule has 1 aromatic carbocycles. The van der Waals surface area contributed by atoms with Crippen molar-refractivity contribution < 1.29 is 9.47 Å². The van der Waals surface area contributed by atoms with E-state index in [9.17, 15) is 0 Å². The van der Waals surface area contributed by atoms with Crippen LogP contribution in [0.25, 0.3) is 0 Å². The Morgan fingerprint density at radius 3 is 2.88 bits per heavy atom. The van der Waals surface area contributed by atoms with Crippen molar-refractivity contribution in [1.82, 2.24) is 0 Å². The number of hydrogen-bond donors (Lipinski definition) is 1. The lowest BCUT2D eigenvalue weighted by Gasteiger charge is -2.28. The van der Waals surface area contributed by atoms with Crippen molar-refractivity contribution in [3.8, 4) is 11.5 Å². The molecule has 17 heavy (non-hydrogen) atoms. The summed E-state index contributed by atoms with van der Waals surface area (Å²) in [6.45, 7) is 2.60. The Morgan fingerprint density at radius 1 is 1.29 bits per heavy atom. The number of ether oxygens (including phenoxy) is 2. The van der Waals surface area contributed by atoms with E-state index in [4.69, 9.17) is 9.47 Å². The normalized spacial score (nSPS) is 19.8. The van der Waals surface area contributed by atoms with Crippen LogP contribution < -0.4 is 14.8 Å². The van der Waals surface area contributed by atoms with Crippen molar-refractivity contribution in [2.24, 2.45) is 5.92 Å². The van der Waals surface area contributed by atoms with Gasteiger partial charge in [0.05, 0.1) is 0 Å². The van der Waals surface area contributed by atoms with Crippen LogP contribution >= 0.6 is 0 Å². The quantitative estimate of drug-likeness (QED) is 0.864. The monoisotopic (exact) mass is 233 g/mol. The summed E-state index contributed by atoms with van der Waals surface area (Å²) in [6.07, 6.45) is 5.51. The zero-order valence-electron chi connectivity index (χ0n) is 10.2. The van der Waals surface area contributed by atoms with Crippen molar-refractivity contribution in [1.29, 1.82) is 0 Å². The molecule has 1 aliphatic carbocycles. The number of hydrogen-bond acceptors (Lipinski definition) is 3. The highest BCUT2D eigenvalue weighted by atomic mass is 16.7. The SMILES string of the molecule is CC(CC1CCC1)Nc1ccc2c(c1)OCO2. The van der Waals surface area contributed by atoms with Crippen molar-refractivity contribution >= 4 is 5.69 Å². The Balaban J connectivity index is 1.60. The average molecular weight is 233 g/mol. The van der Waals surface area contributed by atoms with E-state index < -0.39 is 0 Å². The van der Waals surface area contributed by atoms with Crippen LogP contribution in [0.1, 0.15) is 32.6 Å². The molecule has 0 radical (unpaired) electrons. The lowest BCUT2D eigenvalue weighted by Crippen LogP contribution is -2.23. The second-order valence-electron chi connectivity index (χ2n) is 5.15. The number of nitrogens with one attached hydrogen (secondary N) is 1. The van der Waals surface area contributed by atoms with Gasteiger partial charge in [0.2, 0.25) is 6.79 Å². The van der Waals surface area contributed by atoms with Crippen molar-refractivity contribution in [3.05, 3.63) is 18.2 Å². The second kappa shape index (κ2) is 4.47. The first-order chi connectivity index (χ1) is 8.31. The molecule has 0 spiro atoms. The minimum absolute atomic E-state index is 0.344. The fourth-order valence-corrected chi connectivity index (χ4v) is 2.56. The largest absolute Gasteiger partial charge is 0.454 e. The van der Waals surface area contributed by atoms with Crippen molar-refractivity contribution in [2.45, 2.75) is 38.6 Å². The molecule has 3 nitrogen and oxygen atoms in total. The molecule has 1 unspecified atom stereocenters. The maximum absolute atomic E-state index is 5.37. The van der Waals surface area contributed by atoms with Gasteiger partial charge in [-0.25, -0.2) is 0 Å². The van der Waals surface area contributed by atoms with Crippen LogP contribution in [0.3, 0.4) is 0 Å². The third kappa shape index (κ3) is 2.33. The van der Waals surface area contributed by atoms with E-state index >= 15 is 0 Å². The number of benzene rings is 1. The molecule has 3 rings (SSSR count). The van der Waals surface area contributed by atoms with E-state index in [1.165, 1.54) is 25.7 Å². The van der Waals surface area contributed by atoms with E-state index in [0.29, 0.717) is 12.8 Å². The number of fused-ring (bicyclic) bond motifs is 1. The van der Waals surface area contributed by atoms with Crippen LogP contribution in [0.15, 0.2) is 18.2 Å². The van der Waals surface area contributed by atoms with Gasteiger partial charge in [0.15, 0.2) is 11.5 Å². The summed E-state index contributed by atoms with van der Waals surface area (Å²) in [6, 6.07) is 6.59. The zero-order valence-corrected chi connectivity index (χ0v) is 10.2. The van der Waals surface area contributed by atoms with Crippen LogP contribution in [0.5, 0.6) is 11.5 Å². The Labute approximate surface area is 102 Å². The van der Waals surface area contributed by atoms with Gasteiger partial charge in [-0.1, -0.05) is 19.3 Å². The molecule has 0 aromatic heterocycles. The molecule has 3 heteroatoms. The predicted octanol–water partition coefficient (Wildman–Crippen LogP) is 3.41. The van der Waals surface area contributed by atoms with Crippen LogP contribution in [0, 0.1) is 5.92 Å². The molecule has 1 aromatic rings. The average Bonchev–Trinajstić information content (AvgIpc) is 2.71. The van der Waals surface area contributed by atoms with Crippen LogP contribution in [0.4, 0.5) is 5.69 Å². The van der Waals surface area contributed by atoms with Gasteiger partial charge in [0.25, 0.3) is 0 Å². The molecule has 0 bridgehead atoms. The predicted molar refractivity (Wildman–Crippen MR) is 67.6 cm³/mol. The van der Waals surface area contributed by atoms with Crippen LogP contribution in [0.2, 0.25) is 0 Å². The van der Waals surface area contributed by atoms with E-state index in [-0.39, 0.29) is 0 Å². The summed E-state index contributed by atoms with van der Waals surface area (Å²) in [5.74, 6) is 2.64. The zero-order chi connectivity index (χ0) is 11.7. The molecule has 0 amide bonds. The van der Waals surface area contributed by atoms with Crippen LogP contribution in [-0.2, 0) is 0 Å². The van der Waals surface area contributed by atoms with Crippen molar-refractivity contribution in [2.75, 3.05) is 12.1 Å². The summed E-state index contributed by atoms with van der Waals surface area (Å²) in [5.41, 5.74) is 1.13. The number of anilines is 1. The Kier molecular flexibility index (Phi) is 2.83. The molecule has 0 saturated heterocycles. The van der Waals surface area contributed by atoms with Gasteiger partial charge >= 0.3 is 0 Å². The van der Waals surface area contributed by atoms with E-state index in [1.807, 2.05) is 12.1 Å². The highest BCUT2D eigenvalue weighted by Gasteiger charge is 2.20. The highest BCUT2D eigenvalue weighted by molar-refractivity contribution is 5.55. The lowest BCUT2D eigenvalue weighted by molar-refractivity contribution is 0.174. The molecule has 2 aliphatic rings. The summed E-state index contributed by atoms with van der Waals surface area (Å²) in [7, 11) is 0. The smallest absolute Gasteiger partial charge is 0.231 e. The van der Waals surface area contributed by atoms with E-state index in [2.05, 4.69) is 18.3 Å². The molecular formula is C14H19NO2. The third-order valence-corrected chi connectivity index (χ3v) is 3.70. The molecule has 1 atom stereocenters. The fourth-order valence-electron chi connectivity index (χ4n) is 2.56. The topological polar surface area (TPSA) is 30.5 Å². The van der Waals surface area contributed by atoms with Gasteiger partial charge in [0, 0.05) is 17.8 Å². The van der Waals surface area contributed by atoms with Gasteiger partial charge in [0.1, 0.15) is 0 Å². The molecule has 1 N–H and O–H groups in total. The van der Waals surface area contributed by atoms with Crippen molar-refractivity contribution in [3.63, 3.8) is 0 Å². The minimum Gasteiger partial charge on any atom is -0.454 e. The Hall–Kier alpha value is -1.38. The first-order valence-electron chi connectivity index (χ1n) is 6.47. The molecule has 92 valence electrons. The maximum Gasteiger partial charge on any atom is 0.231 e. The second-order valence-corrected chi connectivity index (χ2v) is 5.15. The van der Waals surface area contributed by atoms with Gasteiger partial charge < -0.3 is 14.8 Å². The molecule has 1 aliphatic heterocycles. The fraction of sp³-hybridized carbons (Fsp3) is 0.571. The van der Waals surface area contributed by atoms with E-state index in [0.717, 1.165) is 23.1 Å². The summed E-state index contributed by atoms with van der Waals surface area (Å²) >= 11 is 0. The van der Waals surface area contributed by atoms with E-state index in [1.54, 1.807) is 0 Å². The molecular weight excluding hydrogens is 214 g/mol. The number of rotatable bonds is 4. The molecule has 1 saturated carbocycles. The molecule has 1 heterocycles. The summed E-state index contributed by atoms with van der Waals surface area (Å²) < 4.78 is 10.7. The minimum atomic E-state index is 0.344. The van der Waals surface area contributed by atoms with Gasteiger partial charge in [-0.05, 0) is 31.4 Å². The third-order valence-electron chi connectivity index (χ3n) is 3.70.